The van der Waals surface area contributed by atoms with Gasteiger partial charge < -0.3 is 9.15 Å². The van der Waals surface area contributed by atoms with E-state index < -0.39 is 17.7 Å². The van der Waals surface area contributed by atoms with E-state index in [9.17, 15) is 18.0 Å². The predicted octanol–water partition coefficient (Wildman–Crippen LogP) is 3.24. The molecule has 0 N–H and O–H groups in total. The Morgan fingerprint density at radius 1 is 1.35 bits per heavy atom. The van der Waals surface area contributed by atoms with Gasteiger partial charge in [0.2, 0.25) is 0 Å². The van der Waals surface area contributed by atoms with Gasteiger partial charge in [-0.05, 0) is 18.2 Å². The lowest BCUT2D eigenvalue weighted by Gasteiger charge is -2.03. The third-order valence-electron chi connectivity index (χ3n) is 2.30. The van der Waals surface area contributed by atoms with Crippen LogP contribution in [0.1, 0.15) is 15.9 Å². The summed E-state index contributed by atoms with van der Waals surface area (Å²) in [6, 6.07) is 3.67. The topological polar surface area (TPSA) is 39.4 Å². The Labute approximate surface area is 93.8 Å². The number of benzene rings is 1. The molecule has 0 aliphatic rings. The van der Waals surface area contributed by atoms with Crippen molar-refractivity contribution in [2.75, 3.05) is 7.11 Å². The van der Waals surface area contributed by atoms with Crippen molar-refractivity contribution in [3.8, 4) is 0 Å². The zero-order valence-electron chi connectivity index (χ0n) is 8.67. The summed E-state index contributed by atoms with van der Waals surface area (Å²) in [4.78, 5) is 11.2. The fourth-order valence-corrected chi connectivity index (χ4v) is 1.49. The third-order valence-corrected chi connectivity index (χ3v) is 2.30. The molecule has 1 heterocycles. The molecule has 1 aromatic carbocycles. The Balaban J connectivity index is 2.56. The maximum Gasteiger partial charge on any atom is 0.420 e. The summed E-state index contributed by atoms with van der Waals surface area (Å²) in [7, 11) is 1.19. The number of methoxy groups -OCH3 is 1. The van der Waals surface area contributed by atoms with Crippen LogP contribution in [0.2, 0.25) is 0 Å². The van der Waals surface area contributed by atoms with Crippen molar-refractivity contribution in [2.45, 2.75) is 6.18 Å². The van der Waals surface area contributed by atoms with Gasteiger partial charge in [0.15, 0.2) is 0 Å². The van der Waals surface area contributed by atoms with Gasteiger partial charge in [0, 0.05) is 5.39 Å². The molecule has 3 nitrogen and oxygen atoms in total. The first-order valence-corrected chi connectivity index (χ1v) is 4.60. The van der Waals surface area contributed by atoms with Crippen LogP contribution in [0.15, 0.2) is 28.9 Å². The molecule has 0 saturated heterocycles. The Morgan fingerprint density at radius 2 is 2.06 bits per heavy atom. The van der Waals surface area contributed by atoms with Gasteiger partial charge in [0.1, 0.15) is 17.4 Å². The smallest absolute Gasteiger partial charge is 0.420 e. The molecular formula is C11H7F3O3. The van der Waals surface area contributed by atoms with E-state index in [-0.39, 0.29) is 16.5 Å². The molecule has 1 aromatic heterocycles. The molecular weight excluding hydrogens is 237 g/mol. The van der Waals surface area contributed by atoms with Gasteiger partial charge in [-0.1, -0.05) is 0 Å². The molecule has 0 unspecified atom stereocenters. The summed E-state index contributed by atoms with van der Waals surface area (Å²) in [5, 5.41) is -0.0786. The van der Waals surface area contributed by atoms with E-state index in [2.05, 4.69) is 4.74 Å². The number of halogens is 3. The van der Waals surface area contributed by atoms with E-state index in [1.165, 1.54) is 25.3 Å². The minimum Gasteiger partial charge on any atom is -0.465 e. The molecule has 6 heteroatoms. The highest BCUT2D eigenvalue weighted by Gasteiger charge is 2.34. The van der Waals surface area contributed by atoms with Crippen molar-refractivity contribution in [1.82, 2.24) is 0 Å². The normalized spacial score (nSPS) is 11.8. The molecule has 0 amide bonds. The van der Waals surface area contributed by atoms with Crippen molar-refractivity contribution in [3.05, 3.63) is 35.6 Å². The minimum absolute atomic E-state index is 0.000208. The Kier molecular flexibility index (Phi) is 2.57. The number of furan rings is 1. The van der Waals surface area contributed by atoms with Gasteiger partial charge in [-0.2, -0.15) is 13.2 Å². The lowest BCUT2D eigenvalue weighted by molar-refractivity contribution is -0.136. The molecule has 0 saturated carbocycles. The van der Waals surface area contributed by atoms with Gasteiger partial charge in [0.25, 0.3) is 0 Å². The largest absolute Gasteiger partial charge is 0.465 e. The number of hydrogen-bond acceptors (Lipinski definition) is 3. The zero-order chi connectivity index (χ0) is 12.6. The monoisotopic (exact) mass is 244 g/mol. The minimum atomic E-state index is -4.47. The highest BCUT2D eigenvalue weighted by atomic mass is 19.4. The van der Waals surface area contributed by atoms with Crippen LogP contribution in [-0.2, 0) is 10.9 Å². The number of hydrogen-bond donors (Lipinski definition) is 0. The van der Waals surface area contributed by atoms with Gasteiger partial charge >= 0.3 is 12.1 Å². The van der Waals surface area contributed by atoms with Crippen molar-refractivity contribution in [2.24, 2.45) is 0 Å². The highest BCUT2D eigenvalue weighted by molar-refractivity contribution is 5.94. The number of ether oxygens (including phenoxy) is 1. The van der Waals surface area contributed by atoms with E-state index in [4.69, 9.17) is 4.42 Å². The standard InChI is InChI=1S/C11H7F3O3/c1-16-10(15)6-2-3-7-8(11(12,13)14)5-17-9(7)4-6/h2-5H,1H3. The first-order chi connectivity index (χ1) is 7.93. The van der Waals surface area contributed by atoms with E-state index in [0.29, 0.717) is 6.26 Å². The second kappa shape index (κ2) is 3.80. The number of esters is 1. The average molecular weight is 244 g/mol. The zero-order valence-corrected chi connectivity index (χ0v) is 8.67. The molecule has 0 radical (unpaired) electrons. The number of rotatable bonds is 1. The van der Waals surface area contributed by atoms with Crippen molar-refractivity contribution in [1.29, 1.82) is 0 Å². The Bertz CT molecular complexity index is 569. The van der Waals surface area contributed by atoms with Gasteiger partial charge in [0.05, 0.1) is 12.7 Å². The van der Waals surface area contributed by atoms with Crippen LogP contribution in [-0.4, -0.2) is 13.1 Å². The van der Waals surface area contributed by atoms with Crippen molar-refractivity contribution >= 4 is 16.9 Å². The fourth-order valence-electron chi connectivity index (χ4n) is 1.49. The summed E-state index contributed by atoms with van der Waals surface area (Å²) < 4.78 is 46.8. The second-order valence-corrected chi connectivity index (χ2v) is 3.35. The van der Waals surface area contributed by atoms with Crippen LogP contribution >= 0.6 is 0 Å². The van der Waals surface area contributed by atoms with Gasteiger partial charge in [-0.15, -0.1) is 0 Å². The molecule has 2 aromatic rings. The van der Waals surface area contributed by atoms with Crippen LogP contribution in [0.5, 0.6) is 0 Å². The first-order valence-electron chi connectivity index (χ1n) is 4.60. The van der Waals surface area contributed by atoms with Gasteiger partial charge in [-0.3, -0.25) is 0 Å². The van der Waals surface area contributed by atoms with Crippen LogP contribution < -0.4 is 0 Å². The molecule has 2 rings (SSSR count). The lowest BCUT2D eigenvalue weighted by Crippen LogP contribution is -2.04. The Hall–Kier alpha value is -1.98. The summed E-state index contributed by atoms with van der Waals surface area (Å²) in [5.74, 6) is -0.628. The number of carbonyl (C=O) groups is 1. The first kappa shape index (κ1) is 11.5. The quantitative estimate of drug-likeness (QED) is 0.723. The molecule has 17 heavy (non-hydrogen) atoms. The Morgan fingerprint density at radius 3 is 2.65 bits per heavy atom. The summed E-state index contributed by atoms with van der Waals surface area (Å²) >= 11 is 0. The molecule has 90 valence electrons. The van der Waals surface area contributed by atoms with Crippen LogP contribution in [0.3, 0.4) is 0 Å². The third kappa shape index (κ3) is 1.98. The molecule has 0 spiro atoms. The lowest BCUT2D eigenvalue weighted by atomic mass is 10.1. The van der Waals surface area contributed by atoms with Crippen molar-refractivity contribution < 1.29 is 27.1 Å². The SMILES string of the molecule is COC(=O)c1ccc2c(C(F)(F)F)coc2c1. The maximum absolute atomic E-state index is 12.5. The number of alkyl halides is 3. The van der Waals surface area contributed by atoms with Crippen molar-refractivity contribution in [3.63, 3.8) is 0 Å². The maximum atomic E-state index is 12.5. The number of fused-ring (bicyclic) bond motifs is 1. The van der Waals surface area contributed by atoms with E-state index in [1.807, 2.05) is 0 Å². The summed E-state index contributed by atoms with van der Waals surface area (Å²) in [6.07, 6.45) is -3.84. The highest BCUT2D eigenvalue weighted by Crippen LogP contribution is 2.36. The van der Waals surface area contributed by atoms with Crippen LogP contribution in [0.4, 0.5) is 13.2 Å². The van der Waals surface area contributed by atoms with E-state index in [0.717, 1.165) is 0 Å². The fraction of sp³-hybridized carbons (Fsp3) is 0.182. The summed E-state index contributed by atoms with van der Waals surface area (Å²) in [6.45, 7) is 0. The van der Waals surface area contributed by atoms with E-state index >= 15 is 0 Å². The molecule has 0 fully saturated rings. The van der Waals surface area contributed by atoms with E-state index in [1.54, 1.807) is 0 Å². The number of carbonyl (C=O) groups excluding carboxylic acids is 1. The van der Waals surface area contributed by atoms with Crippen LogP contribution in [0.25, 0.3) is 11.0 Å². The molecule has 0 aliphatic heterocycles. The molecule has 0 bridgehead atoms. The molecule has 0 atom stereocenters. The molecule has 0 aliphatic carbocycles. The van der Waals surface area contributed by atoms with Crippen LogP contribution in [0, 0.1) is 0 Å². The predicted molar refractivity (Wildman–Crippen MR) is 52.6 cm³/mol. The average Bonchev–Trinajstić information content (AvgIpc) is 2.70. The summed E-state index contributed by atoms with van der Waals surface area (Å²) in [5.41, 5.74) is -0.716. The second-order valence-electron chi connectivity index (χ2n) is 3.35. The van der Waals surface area contributed by atoms with Gasteiger partial charge in [-0.25, -0.2) is 4.79 Å².